The number of nitrogens with zero attached hydrogens (tertiary/aromatic N) is 1. The minimum absolute atomic E-state index is 0.279. The summed E-state index contributed by atoms with van der Waals surface area (Å²) < 4.78 is 0. The van der Waals surface area contributed by atoms with Crippen LogP contribution in [0.1, 0.15) is 46.0 Å². The van der Waals surface area contributed by atoms with Gasteiger partial charge in [-0.15, -0.1) is 0 Å². The largest absolute Gasteiger partial charge is 0.392 e. The second kappa shape index (κ2) is 5.66. The van der Waals surface area contributed by atoms with Crippen LogP contribution in [0.2, 0.25) is 0 Å². The molecule has 1 fully saturated rings. The highest BCUT2D eigenvalue weighted by Gasteiger charge is 2.26. The first-order valence-electron chi connectivity index (χ1n) is 5.72. The zero-order chi connectivity index (χ0) is 10.6. The SMILES string of the molecule is CCCC1CCCCN1C(C)C(N)=S. The molecule has 82 valence electrons. The van der Waals surface area contributed by atoms with Gasteiger partial charge in [-0.05, 0) is 32.7 Å². The van der Waals surface area contributed by atoms with Crippen molar-refractivity contribution in [3.8, 4) is 0 Å². The summed E-state index contributed by atoms with van der Waals surface area (Å²) in [5.74, 6) is 0. The second-order valence-corrected chi connectivity index (χ2v) is 4.73. The number of likely N-dealkylation sites (tertiary alicyclic amines) is 1. The predicted molar refractivity (Wildman–Crippen MR) is 65.5 cm³/mol. The number of hydrogen-bond donors (Lipinski definition) is 1. The van der Waals surface area contributed by atoms with E-state index in [-0.39, 0.29) is 6.04 Å². The van der Waals surface area contributed by atoms with Crippen LogP contribution in [0.3, 0.4) is 0 Å². The number of nitrogens with two attached hydrogens (primary N) is 1. The molecule has 0 radical (unpaired) electrons. The van der Waals surface area contributed by atoms with Gasteiger partial charge in [0.25, 0.3) is 0 Å². The van der Waals surface area contributed by atoms with Crippen LogP contribution < -0.4 is 5.73 Å². The van der Waals surface area contributed by atoms with E-state index in [1.54, 1.807) is 0 Å². The number of rotatable bonds is 4. The van der Waals surface area contributed by atoms with Crippen molar-refractivity contribution in [2.75, 3.05) is 6.54 Å². The Morgan fingerprint density at radius 2 is 2.29 bits per heavy atom. The molecule has 2 atom stereocenters. The maximum Gasteiger partial charge on any atom is 0.0899 e. The van der Waals surface area contributed by atoms with Crippen LogP contribution in [0.15, 0.2) is 0 Å². The van der Waals surface area contributed by atoms with Gasteiger partial charge in [-0.1, -0.05) is 32.0 Å². The van der Waals surface area contributed by atoms with Crippen LogP contribution in [-0.4, -0.2) is 28.5 Å². The molecule has 2 unspecified atom stereocenters. The molecule has 1 aliphatic heterocycles. The second-order valence-electron chi connectivity index (χ2n) is 4.25. The first kappa shape index (κ1) is 11.9. The third-order valence-electron chi connectivity index (χ3n) is 3.20. The summed E-state index contributed by atoms with van der Waals surface area (Å²) in [6.07, 6.45) is 6.53. The first-order valence-corrected chi connectivity index (χ1v) is 6.12. The predicted octanol–water partition coefficient (Wildman–Crippen LogP) is 2.32. The van der Waals surface area contributed by atoms with E-state index in [0.29, 0.717) is 11.0 Å². The number of piperidine rings is 1. The lowest BCUT2D eigenvalue weighted by atomic mass is 9.96. The molecule has 2 N–H and O–H groups in total. The Bertz CT molecular complexity index is 192. The van der Waals surface area contributed by atoms with Crippen molar-refractivity contribution in [2.24, 2.45) is 5.73 Å². The van der Waals surface area contributed by atoms with Crippen LogP contribution in [0, 0.1) is 0 Å². The lowest BCUT2D eigenvalue weighted by Crippen LogP contribution is -2.49. The third kappa shape index (κ3) is 2.92. The summed E-state index contributed by atoms with van der Waals surface area (Å²) in [7, 11) is 0. The van der Waals surface area contributed by atoms with E-state index in [1.165, 1.54) is 38.6 Å². The fourth-order valence-electron chi connectivity index (χ4n) is 2.34. The summed E-state index contributed by atoms with van der Waals surface area (Å²) in [4.78, 5) is 3.14. The first-order chi connectivity index (χ1) is 6.66. The van der Waals surface area contributed by atoms with Crippen LogP contribution in [0.5, 0.6) is 0 Å². The molecule has 0 spiro atoms. The van der Waals surface area contributed by atoms with E-state index >= 15 is 0 Å². The Kier molecular flexibility index (Phi) is 4.82. The highest BCUT2D eigenvalue weighted by atomic mass is 32.1. The van der Waals surface area contributed by atoms with Crippen molar-refractivity contribution in [2.45, 2.75) is 58.0 Å². The van der Waals surface area contributed by atoms with E-state index in [2.05, 4.69) is 18.7 Å². The van der Waals surface area contributed by atoms with E-state index in [1.807, 2.05) is 0 Å². The topological polar surface area (TPSA) is 29.3 Å². The zero-order valence-electron chi connectivity index (χ0n) is 9.33. The zero-order valence-corrected chi connectivity index (χ0v) is 10.1. The van der Waals surface area contributed by atoms with Crippen molar-refractivity contribution in [3.05, 3.63) is 0 Å². The Morgan fingerprint density at radius 3 is 2.86 bits per heavy atom. The molecule has 1 rings (SSSR count). The average Bonchev–Trinajstić information content (AvgIpc) is 2.18. The molecule has 1 saturated heterocycles. The standard InChI is InChI=1S/C11H22N2S/c1-3-6-10-7-4-5-8-13(10)9(2)11(12)14/h9-10H,3-8H2,1-2H3,(H2,12,14). The van der Waals surface area contributed by atoms with E-state index in [0.717, 1.165) is 0 Å². The van der Waals surface area contributed by atoms with Gasteiger partial charge in [-0.3, -0.25) is 4.90 Å². The molecule has 0 amide bonds. The molecule has 1 aliphatic rings. The Morgan fingerprint density at radius 1 is 1.57 bits per heavy atom. The average molecular weight is 214 g/mol. The molecule has 0 aromatic carbocycles. The summed E-state index contributed by atoms with van der Waals surface area (Å²) in [6.45, 7) is 5.55. The van der Waals surface area contributed by atoms with Gasteiger partial charge in [0.2, 0.25) is 0 Å². The minimum atomic E-state index is 0.279. The van der Waals surface area contributed by atoms with Gasteiger partial charge >= 0.3 is 0 Å². The van der Waals surface area contributed by atoms with Crippen molar-refractivity contribution in [3.63, 3.8) is 0 Å². The smallest absolute Gasteiger partial charge is 0.0899 e. The quantitative estimate of drug-likeness (QED) is 0.728. The van der Waals surface area contributed by atoms with E-state index in [9.17, 15) is 0 Å². The fourth-order valence-corrected chi connectivity index (χ4v) is 2.47. The van der Waals surface area contributed by atoms with Gasteiger partial charge in [0.15, 0.2) is 0 Å². The van der Waals surface area contributed by atoms with Crippen molar-refractivity contribution in [1.29, 1.82) is 0 Å². The lowest BCUT2D eigenvalue weighted by Gasteiger charge is -2.39. The van der Waals surface area contributed by atoms with Gasteiger partial charge in [-0.25, -0.2) is 0 Å². The van der Waals surface area contributed by atoms with E-state index < -0.39 is 0 Å². The van der Waals surface area contributed by atoms with Crippen molar-refractivity contribution < 1.29 is 0 Å². The number of hydrogen-bond acceptors (Lipinski definition) is 2. The molecule has 0 aromatic rings. The molecule has 0 bridgehead atoms. The van der Waals surface area contributed by atoms with Crippen molar-refractivity contribution >= 4 is 17.2 Å². The maximum absolute atomic E-state index is 5.71. The van der Waals surface area contributed by atoms with Crippen LogP contribution in [0.4, 0.5) is 0 Å². The van der Waals surface area contributed by atoms with Crippen molar-refractivity contribution in [1.82, 2.24) is 4.90 Å². The van der Waals surface area contributed by atoms with Gasteiger partial charge in [-0.2, -0.15) is 0 Å². The highest BCUT2D eigenvalue weighted by Crippen LogP contribution is 2.22. The van der Waals surface area contributed by atoms with Gasteiger partial charge in [0.05, 0.1) is 11.0 Å². The molecule has 1 heterocycles. The normalized spacial score (nSPS) is 26.0. The fraction of sp³-hybridized carbons (Fsp3) is 0.909. The maximum atomic E-state index is 5.71. The van der Waals surface area contributed by atoms with Crippen LogP contribution in [-0.2, 0) is 0 Å². The van der Waals surface area contributed by atoms with Crippen LogP contribution >= 0.6 is 12.2 Å². The monoisotopic (exact) mass is 214 g/mol. The summed E-state index contributed by atoms with van der Waals surface area (Å²) in [5.41, 5.74) is 5.71. The van der Waals surface area contributed by atoms with Gasteiger partial charge in [0, 0.05) is 6.04 Å². The summed E-state index contributed by atoms with van der Waals surface area (Å²) >= 11 is 5.07. The van der Waals surface area contributed by atoms with Gasteiger partial charge in [0.1, 0.15) is 0 Å². The Labute approximate surface area is 92.8 Å². The molecule has 0 aliphatic carbocycles. The molecule has 0 aromatic heterocycles. The third-order valence-corrected chi connectivity index (χ3v) is 3.54. The molecule has 0 saturated carbocycles. The molecule has 2 nitrogen and oxygen atoms in total. The summed E-state index contributed by atoms with van der Waals surface area (Å²) in [6, 6.07) is 0.993. The molecular formula is C11H22N2S. The Balaban J connectivity index is 2.57. The molecule has 3 heteroatoms. The Hall–Kier alpha value is -0.150. The minimum Gasteiger partial charge on any atom is -0.392 e. The molecule has 14 heavy (non-hydrogen) atoms. The highest BCUT2D eigenvalue weighted by molar-refractivity contribution is 7.80. The molecular weight excluding hydrogens is 192 g/mol. The lowest BCUT2D eigenvalue weighted by molar-refractivity contribution is 0.125. The van der Waals surface area contributed by atoms with Crippen LogP contribution in [0.25, 0.3) is 0 Å². The van der Waals surface area contributed by atoms with Gasteiger partial charge < -0.3 is 5.73 Å². The number of thiocarbonyl (C=S) groups is 1. The summed E-state index contributed by atoms with van der Waals surface area (Å²) in [5, 5.41) is 0. The van der Waals surface area contributed by atoms with E-state index in [4.69, 9.17) is 18.0 Å².